The molecule has 0 aliphatic heterocycles. The van der Waals surface area contributed by atoms with Crippen molar-refractivity contribution >= 4 is 0 Å². The van der Waals surface area contributed by atoms with Crippen LogP contribution in [0.5, 0.6) is 0 Å². The third-order valence-electron chi connectivity index (χ3n) is 12.1. The molecule has 3 N–H and O–H groups in total. The minimum atomic E-state index is -0.780. The first-order valence-corrected chi connectivity index (χ1v) is 14.0. The Balaban J connectivity index is 1.64. The van der Waals surface area contributed by atoms with Gasteiger partial charge in [-0.15, -0.1) is 0 Å². The first-order valence-electron chi connectivity index (χ1n) is 14.0. The van der Waals surface area contributed by atoms with Gasteiger partial charge in [-0.2, -0.15) is 0 Å². The maximum atomic E-state index is 12.5. The van der Waals surface area contributed by atoms with Gasteiger partial charge in [0.2, 0.25) is 0 Å². The van der Waals surface area contributed by atoms with E-state index in [9.17, 15) is 15.3 Å². The van der Waals surface area contributed by atoms with Crippen LogP contribution in [0.25, 0.3) is 0 Å². The van der Waals surface area contributed by atoms with Crippen LogP contribution in [0.2, 0.25) is 0 Å². The van der Waals surface area contributed by atoms with Crippen molar-refractivity contribution < 1.29 is 15.3 Å². The van der Waals surface area contributed by atoms with Gasteiger partial charge in [0, 0.05) is 5.92 Å². The monoisotopic (exact) mass is 460 g/mol. The fraction of sp³-hybridized carbons (Fsp3) is 0.933. The topological polar surface area (TPSA) is 60.7 Å². The predicted molar refractivity (Wildman–Crippen MR) is 136 cm³/mol. The van der Waals surface area contributed by atoms with Crippen molar-refractivity contribution in [1.29, 1.82) is 0 Å². The zero-order valence-electron chi connectivity index (χ0n) is 22.6. The van der Waals surface area contributed by atoms with Gasteiger partial charge in [0.1, 0.15) is 0 Å². The second-order valence-electron chi connectivity index (χ2n) is 13.9. The smallest absolute Gasteiger partial charge is 0.0739 e. The van der Waals surface area contributed by atoms with Crippen LogP contribution in [-0.4, -0.2) is 33.1 Å². The summed E-state index contributed by atoms with van der Waals surface area (Å²) in [6.07, 6.45) is 8.34. The fourth-order valence-corrected chi connectivity index (χ4v) is 10.1. The lowest BCUT2D eigenvalue weighted by Crippen LogP contribution is -2.69. The summed E-state index contributed by atoms with van der Waals surface area (Å²) in [4.78, 5) is 0. The fourth-order valence-electron chi connectivity index (χ4n) is 10.1. The van der Waals surface area contributed by atoms with Gasteiger partial charge in [-0.3, -0.25) is 0 Å². The third-order valence-corrected chi connectivity index (χ3v) is 12.1. The molecule has 0 aromatic heterocycles. The summed E-state index contributed by atoms with van der Waals surface area (Å²) < 4.78 is 0. The summed E-state index contributed by atoms with van der Waals surface area (Å²) in [5, 5.41) is 34.8. The summed E-state index contributed by atoms with van der Waals surface area (Å²) in [7, 11) is 0. The molecule has 3 nitrogen and oxygen atoms in total. The van der Waals surface area contributed by atoms with E-state index in [-0.39, 0.29) is 34.7 Å². The minimum Gasteiger partial charge on any atom is -0.393 e. The van der Waals surface area contributed by atoms with Crippen LogP contribution in [0.15, 0.2) is 11.6 Å². The van der Waals surface area contributed by atoms with E-state index in [4.69, 9.17) is 0 Å². The van der Waals surface area contributed by atoms with Gasteiger partial charge in [0.05, 0.1) is 17.8 Å². The summed E-state index contributed by atoms with van der Waals surface area (Å²) in [6, 6.07) is 0. The molecule has 0 spiro atoms. The number of fused-ring (bicyclic) bond motifs is 5. The van der Waals surface area contributed by atoms with Crippen molar-refractivity contribution in [3.05, 3.63) is 11.6 Å². The predicted octanol–water partition coefficient (Wildman–Crippen LogP) is 6.21. The van der Waals surface area contributed by atoms with E-state index in [0.29, 0.717) is 29.6 Å². The van der Waals surface area contributed by atoms with E-state index in [2.05, 4.69) is 61.5 Å². The minimum absolute atomic E-state index is 0.0229. The van der Waals surface area contributed by atoms with Gasteiger partial charge in [0.15, 0.2) is 0 Å². The van der Waals surface area contributed by atoms with Gasteiger partial charge in [-0.1, -0.05) is 60.1 Å². The molecule has 0 bridgehead atoms. The van der Waals surface area contributed by atoms with E-state index < -0.39 is 11.7 Å². The Labute approximate surface area is 203 Å². The molecule has 12 atom stereocenters. The first kappa shape index (κ1) is 25.7. The molecule has 0 aromatic rings. The van der Waals surface area contributed by atoms with Gasteiger partial charge < -0.3 is 15.3 Å². The Hall–Kier alpha value is -0.380. The second-order valence-corrected chi connectivity index (χ2v) is 13.9. The summed E-state index contributed by atoms with van der Waals surface area (Å²) >= 11 is 0. The van der Waals surface area contributed by atoms with Crippen molar-refractivity contribution in [2.75, 3.05) is 0 Å². The molecule has 4 aliphatic rings. The van der Waals surface area contributed by atoms with Crippen LogP contribution in [0.4, 0.5) is 0 Å². The molecule has 0 unspecified atom stereocenters. The Kier molecular flexibility index (Phi) is 6.72. The van der Waals surface area contributed by atoms with Gasteiger partial charge >= 0.3 is 0 Å². The molecular formula is C30H52O3. The van der Waals surface area contributed by atoms with Crippen LogP contribution in [0, 0.1) is 58.2 Å². The molecule has 4 saturated carbocycles. The number of aliphatic hydroxyl groups excluding tert-OH is 2. The van der Waals surface area contributed by atoms with E-state index in [1.807, 2.05) is 0 Å². The molecule has 4 fully saturated rings. The van der Waals surface area contributed by atoms with Gasteiger partial charge in [-0.05, 0) is 104 Å². The average molecular weight is 461 g/mol. The standard InChI is InChI=1S/C30H52O3/c1-17(2)20(5)18(3)15-19(4)22-9-10-26-29(22,8)16-25(32)27-28(7)13-12-24(31)21(6)23(28)11-14-30(26,27)33/h15,17,19-27,31-33H,9-14,16H2,1-8H3/b18-15+/t19-,20-,21+,22-,23+,24+,25+,26-,27-,28+,29-,30-/m1/s1. The zero-order chi connectivity index (χ0) is 24.5. The molecule has 4 aliphatic carbocycles. The SMILES string of the molecule is C/C(=C\[C@@H](C)[C@H]1CC[C@@H]2[C@]1(C)C[C@H](O)[C@@H]1[C@@]3(C)CC[C@H](O)[C@@H](C)[C@@H]3CC[C@@]21O)[C@H](C)C(C)C. The number of hydrogen-bond donors (Lipinski definition) is 3. The Morgan fingerprint density at radius 1 is 0.909 bits per heavy atom. The van der Waals surface area contributed by atoms with Gasteiger partial charge in [0.25, 0.3) is 0 Å². The second kappa shape index (κ2) is 8.63. The van der Waals surface area contributed by atoms with Crippen LogP contribution in [-0.2, 0) is 0 Å². The summed E-state index contributed by atoms with van der Waals surface area (Å²) in [5.41, 5.74) is 0.600. The molecule has 0 saturated heterocycles. The molecule has 0 heterocycles. The molecule has 33 heavy (non-hydrogen) atoms. The van der Waals surface area contributed by atoms with E-state index in [0.717, 1.165) is 44.9 Å². The van der Waals surface area contributed by atoms with E-state index in [1.165, 1.54) is 5.57 Å². The highest BCUT2D eigenvalue weighted by Gasteiger charge is 2.70. The highest BCUT2D eigenvalue weighted by atomic mass is 16.3. The summed E-state index contributed by atoms with van der Waals surface area (Å²) in [6.45, 7) is 18.5. The summed E-state index contributed by atoms with van der Waals surface area (Å²) in [5.74, 6) is 3.05. The number of hydrogen-bond acceptors (Lipinski definition) is 3. The quantitative estimate of drug-likeness (QED) is 0.437. The van der Waals surface area contributed by atoms with Crippen LogP contribution in [0.3, 0.4) is 0 Å². The van der Waals surface area contributed by atoms with Crippen LogP contribution in [0.1, 0.15) is 100 Å². The Bertz CT molecular complexity index is 760. The van der Waals surface area contributed by atoms with Crippen LogP contribution < -0.4 is 0 Å². The van der Waals surface area contributed by atoms with Crippen molar-refractivity contribution in [3.8, 4) is 0 Å². The third kappa shape index (κ3) is 3.78. The molecule has 0 radical (unpaired) electrons. The van der Waals surface area contributed by atoms with Crippen molar-refractivity contribution in [3.63, 3.8) is 0 Å². The molecule has 3 heteroatoms. The average Bonchev–Trinajstić information content (AvgIpc) is 3.07. The largest absolute Gasteiger partial charge is 0.393 e. The maximum absolute atomic E-state index is 12.5. The number of allylic oxidation sites excluding steroid dienone is 2. The van der Waals surface area contributed by atoms with Crippen molar-refractivity contribution in [2.45, 2.75) is 118 Å². The lowest BCUT2D eigenvalue weighted by Gasteiger charge is -2.67. The molecule has 4 rings (SSSR count). The molecule has 0 aromatic carbocycles. The maximum Gasteiger partial charge on any atom is 0.0739 e. The van der Waals surface area contributed by atoms with Crippen molar-refractivity contribution in [2.24, 2.45) is 58.2 Å². The van der Waals surface area contributed by atoms with Crippen LogP contribution >= 0.6 is 0 Å². The van der Waals surface area contributed by atoms with Gasteiger partial charge in [-0.25, -0.2) is 0 Å². The normalized spacial score (nSPS) is 52.1. The Morgan fingerprint density at radius 3 is 2.21 bits per heavy atom. The number of aliphatic hydroxyl groups is 3. The first-order chi connectivity index (χ1) is 15.3. The lowest BCUT2D eigenvalue weighted by atomic mass is 9.40. The van der Waals surface area contributed by atoms with E-state index in [1.54, 1.807) is 0 Å². The molecule has 190 valence electrons. The van der Waals surface area contributed by atoms with Crippen molar-refractivity contribution in [1.82, 2.24) is 0 Å². The molecular weight excluding hydrogens is 408 g/mol. The molecule has 0 amide bonds. The number of rotatable bonds is 4. The highest BCUT2D eigenvalue weighted by Crippen LogP contribution is 2.70. The van der Waals surface area contributed by atoms with E-state index >= 15 is 0 Å². The highest BCUT2D eigenvalue weighted by molar-refractivity contribution is 5.20. The zero-order valence-corrected chi connectivity index (χ0v) is 22.6. The lowest BCUT2D eigenvalue weighted by molar-refractivity contribution is -0.267. The Morgan fingerprint density at radius 2 is 1.58 bits per heavy atom.